The molecule has 1 amide bonds. The molecule has 1 aliphatic carbocycles. The highest BCUT2D eigenvalue weighted by atomic mass is 16.2. The fourth-order valence-corrected chi connectivity index (χ4v) is 1.77. The Bertz CT molecular complexity index is 193. The van der Waals surface area contributed by atoms with Gasteiger partial charge in [0.05, 0.1) is 5.92 Å². The summed E-state index contributed by atoms with van der Waals surface area (Å²) >= 11 is 0. The van der Waals surface area contributed by atoms with Gasteiger partial charge in [-0.15, -0.1) is 0 Å². The third-order valence-electron chi connectivity index (χ3n) is 2.96. The van der Waals surface area contributed by atoms with Gasteiger partial charge in [0, 0.05) is 18.6 Å². The van der Waals surface area contributed by atoms with Crippen LogP contribution in [-0.4, -0.2) is 24.5 Å². The van der Waals surface area contributed by atoms with E-state index in [9.17, 15) is 4.79 Å². The summed E-state index contributed by atoms with van der Waals surface area (Å²) in [6.07, 6.45) is 4.54. The smallest absolute Gasteiger partial charge is 0.224 e. The van der Waals surface area contributed by atoms with E-state index in [1.807, 2.05) is 0 Å². The van der Waals surface area contributed by atoms with E-state index >= 15 is 0 Å². The minimum absolute atomic E-state index is 0.219. The molecule has 1 saturated heterocycles. The van der Waals surface area contributed by atoms with Crippen LogP contribution >= 0.6 is 0 Å². The first-order chi connectivity index (χ1) is 6.25. The van der Waals surface area contributed by atoms with Gasteiger partial charge in [0.25, 0.3) is 0 Å². The summed E-state index contributed by atoms with van der Waals surface area (Å²) in [7, 11) is 0. The number of nitrogens with one attached hydrogen (secondary N) is 2. The lowest BCUT2D eigenvalue weighted by Crippen LogP contribution is -2.44. The number of carbonyl (C=O) groups is 1. The molecule has 2 unspecified atom stereocenters. The molecule has 1 saturated carbocycles. The Labute approximate surface area is 79.3 Å². The van der Waals surface area contributed by atoms with Crippen molar-refractivity contribution in [3.63, 3.8) is 0 Å². The van der Waals surface area contributed by atoms with Crippen LogP contribution in [0, 0.1) is 5.92 Å². The summed E-state index contributed by atoms with van der Waals surface area (Å²) in [4.78, 5) is 11.6. The van der Waals surface area contributed by atoms with Crippen molar-refractivity contribution in [2.45, 2.75) is 44.7 Å². The van der Waals surface area contributed by atoms with Gasteiger partial charge in [-0.2, -0.15) is 0 Å². The van der Waals surface area contributed by atoms with Gasteiger partial charge in [-0.25, -0.2) is 0 Å². The molecular formula is C10H18N2O. The molecule has 2 aliphatic rings. The van der Waals surface area contributed by atoms with Crippen molar-refractivity contribution in [2.75, 3.05) is 6.54 Å². The third-order valence-corrected chi connectivity index (χ3v) is 2.96. The first-order valence-corrected chi connectivity index (χ1v) is 5.29. The number of amides is 1. The molecule has 2 fully saturated rings. The summed E-state index contributed by atoms with van der Waals surface area (Å²) < 4.78 is 0. The van der Waals surface area contributed by atoms with Crippen molar-refractivity contribution in [3.05, 3.63) is 0 Å². The zero-order valence-corrected chi connectivity index (χ0v) is 8.18. The van der Waals surface area contributed by atoms with Gasteiger partial charge in [0.2, 0.25) is 5.91 Å². The monoisotopic (exact) mass is 182 g/mol. The van der Waals surface area contributed by atoms with Crippen LogP contribution in [0.4, 0.5) is 0 Å². The Kier molecular flexibility index (Phi) is 2.54. The van der Waals surface area contributed by atoms with Crippen LogP contribution in [0.25, 0.3) is 0 Å². The molecule has 1 aliphatic heterocycles. The van der Waals surface area contributed by atoms with Crippen LogP contribution < -0.4 is 10.6 Å². The lowest BCUT2D eigenvalue weighted by Gasteiger charge is -2.26. The lowest BCUT2D eigenvalue weighted by molar-refractivity contribution is -0.125. The van der Waals surface area contributed by atoms with Crippen molar-refractivity contribution in [2.24, 2.45) is 5.92 Å². The summed E-state index contributed by atoms with van der Waals surface area (Å²) in [6.45, 7) is 3.04. The first-order valence-electron chi connectivity index (χ1n) is 5.29. The van der Waals surface area contributed by atoms with E-state index in [2.05, 4.69) is 17.6 Å². The molecule has 3 heteroatoms. The van der Waals surface area contributed by atoms with Crippen LogP contribution in [-0.2, 0) is 4.79 Å². The van der Waals surface area contributed by atoms with Gasteiger partial charge in [-0.05, 0) is 32.6 Å². The highest BCUT2D eigenvalue weighted by Crippen LogP contribution is 2.21. The van der Waals surface area contributed by atoms with Crippen LogP contribution in [0.2, 0.25) is 0 Å². The maximum Gasteiger partial charge on any atom is 0.224 e. The van der Waals surface area contributed by atoms with E-state index < -0.39 is 0 Å². The number of carbonyl (C=O) groups excluding carboxylic acids is 1. The van der Waals surface area contributed by atoms with Crippen LogP contribution in [0.3, 0.4) is 0 Å². The lowest BCUT2D eigenvalue weighted by atomic mass is 9.95. The fourth-order valence-electron chi connectivity index (χ4n) is 1.77. The number of hydrogen-bond acceptors (Lipinski definition) is 2. The van der Waals surface area contributed by atoms with Gasteiger partial charge in [-0.1, -0.05) is 0 Å². The van der Waals surface area contributed by atoms with Crippen LogP contribution in [0.5, 0.6) is 0 Å². The predicted molar refractivity (Wildman–Crippen MR) is 51.4 cm³/mol. The molecule has 0 aromatic carbocycles. The van der Waals surface area contributed by atoms with E-state index in [4.69, 9.17) is 0 Å². The van der Waals surface area contributed by atoms with E-state index in [1.165, 1.54) is 12.8 Å². The summed E-state index contributed by atoms with van der Waals surface area (Å²) in [5, 5.41) is 6.41. The van der Waals surface area contributed by atoms with E-state index in [0.29, 0.717) is 12.1 Å². The Morgan fingerprint density at radius 3 is 2.62 bits per heavy atom. The molecule has 13 heavy (non-hydrogen) atoms. The second-order valence-electron chi connectivity index (χ2n) is 4.37. The SMILES string of the molecule is CC1CCC(C(=O)NC2CC2)CN1. The average molecular weight is 182 g/mol. The van der Waals surface area contributed by atoms with E-state index in [1.54, 1.807) is 0 Å². The highest BCUT2D eigenvalue weighted by Gasteiger charge is 2.29. The maximum atomic E-state index is 11.6. The van der Waals surface area contributed by atoms with Gasteiger partial charge in [0.15, 0.2) is 0 Å². The zero-order chi connectivity index (χ0) is 9.26. The maximum absolute atomic E-state index is 11.6. The Balaban J connectivity index is 1.75. The molecular weight excluding hydrogens is 164 g/mol. The Hall–Kier alpha value is -0.570. The summed E-state index contributed by atoms with van der Waals surface area (Å²) in [5.74, 6) is 0.485. The minimum Gasteiger partial charge on any atom is -0.353 e. The van der Waals surface area contributed by atoms with Gasteiger partial charge in [0.1, 0.15) is 0 Å². The molecule has 1 heterocycles. The number of rotatable bonds is 2. The molecule has 2 rings (SSSR count). The van der Waals surface area contributed by atoms with Gasteiger partial charge in [-0.3, -0.25) is 4.79 Å². The van der Waals surface area contributed by atoms with Gasteiger partial charge < -0.3 is 10.6 Å². The Morgan fingerprint density at radius 2 is 2.08 bits per heavy atom. The Morgan fingerprint density at radius 1 is 1.31 bits per heavy atom. The zero-order valence-electron chi connectivity index (χ0n) is 8.18. The molecule has 0 aromatic rings. The van der Waals surface area contributed by atoms with Crippen LogP contribution in [0.1, 0.15) is 32.6 Å². The molecule has 0 radical (unpaired) electrons. The van der Waals surface area contributed by atoms with Crippen molar-refractivity contribution in [1.29, 1.82) is 0 Å². The molecule has 0 bridgehead atoms. The predicted octanol–water partition coefficient (Wildman–Crippen LogP) is 0.653. The van der Waals surface area contributed by atoms with Crippen molar-refractivity contribution in [1.82, 2.24) is 10.6 Å². The number of piperidine rings is 1. The molecule has 3 nitrogen and oxygen atoms in total. The largest absolute Gasteiger partial charge is 0.353 e. The second-order valence-corrected chi connectivity index (χ2v) is 4.37. The molecule has 2 atom stereocenters. The number of hydrogen-bond donors (Lipinski definition) is 2. The van der Waals surface area contributed by atoms with Crippen molar-refractivity contribution < 1.29 is 4.79 Å². The molecule has 0 aromatic heterocycles. The van der Waals surface area contributed by atoms with Gasteiger partial charge >= 0.3 is 0 Å². The standard InChI is InChI=1S/C10H18N2O/c1-7-2-3-8(6-11-7)10(13)12-9-4-5-9/h7-9,11H,2-6H2,1H3,(H,12,13). The minimum atomic E-state index is 0.219. The van der Waals surface area contributed by atoms with E-state index in [-0.39, 0.29) is 11.8 Å². The third kappa shape index (κ3) is 2.44. The van der Waals surface area contributed by atoms with Crippen LogP contribution in [0.15, 0.2) is 0 Å². The molecule has 0 spiro atoms. The quantitative estimate of drug-likeness (QED) is 0.658. The van der Waals surface area contributed by atoms with Crippen molar-refractivity contribution in [3.8, 4) is 0 Å². The normalized spacial score (nSPS) is 34.2. The molecule has 2 N–H and O–H groups in total. The second kappa shape index (κ2) is 3.66. The topological polar surface area (TPSA) is 41.1 Å². The molecule has 74 valence electrons. The highest BCUT2D eigenvalue weighted by molar-refractivity contribution is 5.79. The van der Waals surface area contributed by atoms with E-state index in [0.717, 1.165) is 19.4 Å². The van der Waals surface area contributed by atoms with Crippen molar-refractivity contribution >= 4 is 5.91 Å². The summed E-state index contributed by atoms with van der Waals surface area (Å²) in [6, 6.07) is 1.09. The first kappa shape index (κ1) is 9.00. The fraction of sp³-hybridized carbons (Fsp3) is 0.900. The average Bonchev–Trinajstić information content (AvgIpc) is 2.89. The summed E-state index contributed by atoms with van der Waals surface area (Å²) in [5.41, 5.74) is 0.